The first-order valence-corrected chi connectivity index (χ1v) is 7.85. The second-order valence-electron chi connectivity index (χ2n) is 6.00. The van der Waals surface area contributed by atoms with Crippen LogP contribution in [0.2, 0.25) is 0 Å². The monoisotopic (exact) mass is 351 g/mol. The number of aromatic nitrogens is 2. The molecular formula is C17H16F3N3O2. The van der Waals surface area contributed by atoms with Crippen molar-refractivity contribution in [1.29, 1.82) is 0 Å². The van der Waals surface area contributed by atoms with Crippen LogP contribution in [0, 0.1) is 0 Å². The zero-order chi connectivity index (χ0) is 18.2. The number of aryl methyl sites for hydroxylation is 2. The van der Waals surface area contributed by atoms with Gasteiger partial charge in [-0.3, -0.25) is 9.59 Å². The molecule has 1 amide bonds. The van der Waals surface area contributed by atoms with E-state index < -0.39 is 29.2 Å². The van der Waals surface area contributed by atoms with Gasteiger partial charge < -0.3 is 5.32 Å². The molecule has 8 heteroatoms. The summed E-state index contributed by atoms with van der Waals surface area (Å²) in [5.74, 6) is -0.605. The zero-order valence-electron chi connectivity index (χ0n) is 13.4. The van der Waals surface area contributed by atoms with E-state index in [0.29, 0.717) is 0 Å². The molecule has 132 valence electrons. The number of nitrogens with one attached hydrogen (secondary N) is 1. The van der Waals surface area contributed by atoms with E-state index in [-0.39, 0.29) is 5.69 Å². The molecule has 0 saturated carbocycles. The van der Waals surface area contributed by atoms with Gasteiger partial charge in [0.2, 0.25) is 5.91 Å². The number of halogens is 3. The first-order valence-electron chi connectivity index (χ1n) is 7.85. The highest BCUT2D eigenvalue weighted by Crippen LogP contribution is 2.30. The van der Waals surface area contributed by atoms with E-state index in [4.69, 9.17) is 0 Å². The maximum Gasteiger partial charge on any atom is 0.416 e. The van der Waals surface area contributed by atoms with Gasteiger partial charge in [0.25, 0.3) is 5.56 Å². The van der Waals surface area contributed by atoms with Crippen molar-refractivity contribution in [3.05, 3.63) is 57.5 Å². The Morgan fingerprint density at radius 2 is 2.04 bits per heavy atom. The molecule has 5 nitrogen and oxygen atoms in total. The molecule has 0 bridgehead atoms. The Hall–Kier alpha value is -2.64. The average molecular weight is 351 g/mol. The molecule has 1 aliphatic carbocycles. The fraction of sp³-hybridized carbons (Fsp3) is 0.353. The number of benzene rings is 1. The average Bonchev–Trinajstić information content (AvgIpc) is 3.00. The van der Waals surface area contributed by atoms with Crippen LogP contribution < -0.4 is 10.9 Å². The summed E-state index contributed by atoms with van der Waals surface area (Å²) in [7, 11) is 0. The summed E-state index contributed by atoms with van der Waals surface area (Å²) < 4.78 is 39.3. The number of carbonyl (C=O) groups is 1. The highest BCUT2D eigenvalue weighted by atomic mass is 19.4. The van der Waals surface area contributed by atoms with Gasteiger partial charge in [-0.05, 0) is 49.9 Å². The van der Waals surface area contributed by atoms with Crippen molar-refractivity contribution in [2.45, 2.75) is 38.4 Å². The van der Waals surface area contributed by atoms with Gasteiger partial charge >= 0.3 is 6.18 Å². The van der Waals surface area contributed by atoms with Gasteiger partial charge in [0.05, 0.1) is 11.3 Å². The number of fused-ring (bicyclic) bond motifs is 1. The summed E-state index contributed by atoms with van der Waals surface area (Å²) in [5, 5.41) is 6.64. The molecule has 1 heterocycles. The number of hydrogen-bond donors (Lipinski definition) is 1. The summed E-state index contributed by atoms with van der Waals surface area (Å²) >= 11 is 0. The molecule has 1 aromatic carbocycles. The lowest BCUT2D eigenvalue weighted by molar-refractivity contribution is -0.137. The first-order chi connectivity index (χ1) is 11.8. The standard InChI is InChI=1S/C17H16F3N3O2/c1-10(23-15(24)8-11-4-2-7-14(11)22-23)16(25)21-13-6-3-5-12(9-13)17(18,19)20/h3,5-6,8-10H,2,4,7H2,1H3,(H,21,25). The zero-order valence-corrected chi connectivity index (χ0v) is 13.4. The lowest BCUT2D eigenvalue weighted by Crippen LogP contribution is -2.34. The molecule has 1 unspecified atom stereocenters. The second kappa shape index (κ2) is 6.34. The highest BCUT2D eigenvalue weighted by molar-refractivity contribution is 5.93. The second-order valence-corrected chi connectivity index (χ2v) is 6.00. The van der Waals surface area contributed by atoms with Crippen LogP contribution in [0.4, 0.5) is 18.9 Å². The fourth-order valence-corrected chi connectivity index (χ4v) is 2.82. The van der Waals surface area contributed by atoms with Crippen molar-refractivity contribution in [3.8, 4) is 0 Å². The Kier molecular flexibility index (Phi) is 4.36. The molecule has 1 aromatic heterocycles. The van der Waals surface area contributed by atoms with Gasteiger partial charge in [0.1, 0.15) is 6.04 Å². The minimum atomic E-state index is -4.50. The molecule has 3 rings (SSSR count). The SMILES string of the molecule is CC(C(=O)Nc1cccc(C(F)(F)F)c1)n1nc2c(cc1=O)CCC2. The molecule has 2 aromatic rings. The Morgan fingerprint density at radius 1 is 1.28 bits per heavy atom. The van der Waals surface area contributed by atoms with E-state index in [1.54, 1.807) is 0 Å². The Morgan fingerprint density at radius 3 is 2.76 bits per heavy atom. The molecule has 0 fully saturated rings. The predicted octanol–water partition coefficient (Wildman–Crippen LogP) is 2.95. The van der Waals surface area contributed by atoms with Crippen LogP contribution in [-0.4, -0.2) is 15.7 Å². The van der Waals surface area contributed by atoms with Gasteiger partial charge in [-0.2, -0.15) is 18.3 Å². The van der Waals surface area contributed by atoms with Crippen LogP contribution in [0.25, 0.3) is 0 Å². The predicted molar refractivity (Wildman–Crippen MR) is 85.3 cm³/mol. The maximum absolute atomic E-state index is 12.7. The highest BCUT2D eigenvalue weighted by Gasteiger charge is 2.30. The van der Waals surface area contributed by atoms with Crippen molar-refractivity contribution >= 4 is 11.6 Å². The van der Waals surface area contributed by atoms with Crippen LogP contribution in [0.1, 0.15) is 36.2 Å². The smallest absolute Gasteiger partial charge is 0.324 e. The van der Waals surface area contributed by atoms with Crippen molar-refractivity contribution in [2.75, 3.05) is 5.32 Å². The van der Waals surface area contributed by atoms with Crippen molar-refractivity contribution < 1.29 is 18.0 Å². The van der Waals surface area contributed by atoms with Crippen molar-refractivity contribution in [2.24, 2.45) is 0 Å². The van der Waals surface area contributed by atoms with E-state index in [9.17, 15) is 22.8 Å². The Labute approximate surface area is 141 Å². The molecule has 0 aliphatic heterocycles. The number of anilines is 1. The fourth-order valence-electron chi connectivity index (χ4n) is 2.82. The largest absolute Gasteiger partial charge is 0.416 e. The number of hydrogen-bond acceptors (Lipinski definition) is 3. The maximum atomic E-state index is 12.7. The summed E-state index contributed by atoms with van der Waals surface area (Å²) in [6, 6.07) is 4.88. The van der Waals surface area contributed by atoms with Crippen LogP contribution in [0.15, 0.2) is 35.1 Å². The quantitative estimate of drug-likeness (QED) is 0.925. The number of nitrogens with zero attached hydrogens (tertiary/aromatic N) is 2. The van der Waals surface area contributed by atoms with Gasteiger partial charge in [0.15, 0.2) is 0 Å². The van der Waals surface area contributed by atoms with Crippen LogP contribution in [0.5, 0.6) is 0 Å². The Bertz CT molecular complexity index is 874. The van der Waals surface area contributed by atoms with Crippen LogP contribution in [-0.2, 0) is 23.8 Å². The van der Waals surface area contributed by atoms with Crippen molar-refractivity contribution in [3.63, 3.8) is 0 Å². The number of alkyl halides is 3. The molecule has 0 radical (unpaired) electrons. The first kappa shape index (κ1) is 17.2. The van der Waals surface area contributed by atoms with E-state index in [2.05, 4.69) is 10.4 Å². The molecule has 1 aliphatic rings. The number of rotatable bonds is 3. The molecule has 25 heavy (non-hydrogen) atoms. The molecule has 0 spiro atoms. The molecule has 1 atom stereocenters. The minimum absolute atomic E-state index is 0.0147. The third-order valence-electron chi connectivity index (χ3n) is 4.19. The van der Waals surface area contributed by atoms with E-state index in [1.165, 1.54) is 25.1 Å². The normalized spacial score (nSPS) is 14.9. The Balaban J connectivity index is 1.81. The topological polar surface area (TPSA) is 64.0 Å². The van der Waals surface area contributed by atoms with E-state index in [1.807, 2.05) is 0 Å². The minimum Gasteiger partial charge on any atom is -0.324 e. The summed E-state index contributed by atoms with van der Waals surface area (Å²) in [5.41, 5.74) is 0.448. The van der Waals surface area contributed by atoms with Gasteiger partial charge in [-0.1, -0.05) is 6.07 Å². The van der Waals surface area contributed by atoms with Crippen LogP contribution in [0.3, 0.4) is 0 Å². The van der Waals surface area contributed by atoms with Crippen molar-refractivity contribution in [1.82, 2.24) is 9.78 Å². The lowest BCUT2D eigenvalue weighted by Gasteiger charge is -2.16. The van der Waals surface area contributed by atoms with Gasteiger partial charge in [-0.15, -0.1) is 0 Å². The van der Waals surface area contributed by atoms with Crippen LogP contribution >= 0.6 is 0 Å². The van der Waals surface area contributed by atoms with E-state index in [0.717, 1.165) is 47.3 Å². The molecule has 0 saturated heterocycles. The summed E-state index contributed by atoms with van der Waals surface area (Å²) in [6.07, 6.45) is -2.04. The van der Waals surface area contributed by atoms with Gasteiger partial charge in [-0.25, -0.2) is 4.68 Å². The number of carbonyl (C=O) groups excluding carboxylic acids is 1. The summed E-state index contributed by atoms with van der Waals surface area (Å²) in [4.78, 5) is 24.5. The molecule has 1 N–H and O–H groups in total. The molecular weight excluding hydrogens is 335 g/mol. The summed E-state index contributed by atoms with van der Waals surface area (Å²) in [6.45, 7) is 1.48. The lowest BCUT2D eigenvalue weighted by atomic mass is 10.2. The van der Waals surface area contributed by atoms with Gasteiger partial charge in [0, 0.05) is 11.8 Å². The van der Waals surface area contributed by atoms with E-state index >= 15 is 0 Å². The third kappa shape index (κ3) is 3.57. The third-order valence-corrected chi connectivity index (χ3v) is 4.19. The number of amides is 1.